The van der Waals surface area contributed by atoms with Crippen molar-refractivity contribution in [3.05, 3.63) is 141 Å². The average molecular weight is 794 g/mol. The average Bonchev–Trinajstić information content (AvgIpc) is 4.08. The largest absolute Gasteiger partial charge is 0.465 e. The van der Waals surface area contributed by atoms with Gasteiger partial charge in [0, 0.05) is 53.8 Å². The minimum Gasteiger partial charge on any atom is -0.465 e. The highest BCUT2D eigenvalue weighted by molar-refractivity contribution is 6.06. The Kier molecular flexibility index (Phi) is 12.9. The Morgan fingerprint density at radius 3 is 1.85 bits per heavy atom. The van der Waals surface area contributed by atoms with Crippen molar-refractivity contribution in [1.29, 1.82) is 5.26 Å². The summed E-state index contributed by atoms with van der Waals surface area (Å²) < 4.78 is 7.21. The number of methoxy groups -OCH3 is 1. The topological polar surface area (TPSA) is 224 Å². The molecule has 0 unspecified atom stereocenters. The Bertz CT molecular complexity index is 2670. The number of nitriles is 1. The molecule has 7 rings (SSSR count). The maximum absolute atomic E-state index is 13.2. The maximum atomic E-state index is 13.2. The number of carbonyl (C=O) groups is 3. The summed E-state index contributed by atoms with van der Waals surface area (Å²) >= 11 is 0. The lowest BCUT2D eigenvalue weighted by atomic mass is 10.0. The third kappa shape index (κ3) is 9.67. The smallest absolute Gasteiger partial charge is 0.337 e. The molecule has 3 N–H and O–H groups in total. The number of carbonyl (C=O) groups excluding carboxylic acids is 3. The van der Waals surface area contributed by atoms with Crippen LogP contribution in [0, 0.1) is 17.2 Å². The Hall–Kier alpha value is -7.64. The van der Waals surface area contributed by atoms with Gasteiger partial charge in [0.15, 0.2) is 11.6 Å². The molecule has 1 fully saturated rings. The summed E-state index contributed by atoms with van der Waals surface area (Å²) in [4.78, 5) is 71.1. The first kappa shape index (κ1) is 41.0. The van der Waals surface area contributed by atoms with Crippen LogP contribution in [0.1, 0.15) is 63.3 Å². The highest BCUT2D eigenvalue weighted by atomic mass is 16.5. The van der Waals surface area contributed by atoms with E-state index in [0.29, 0.717) is 51.8 Å². The summed E-state index contributed by atoms with van der Waals surface area (Å²) in [5.74, 6) is -0.687. The van der Waals surface area contributed by atoms with E-state index in [1.165, 1.54) is 44.0 Å². The molecule has 0 saturated heterocycles. The number of nitrogens with one attached hydrogen (secondary N) is 2. The van der Waals surface area contributed by atoms with Gasteiger partial charge in [-0.3, -0.25) is 29.1 Å². The van der Waals surface area contributed by atoms with Crippen LogP contribution in [0.2, 0.25) is 0 Å². The number of anilines is 4. The van der Waals surface area contributed by atoms with Gasteiger partial charge in [-0.05, 0) is 99.3 Å². The molecule has 0 bridgehead atoms. The number of esters is 1. The van der Waals surface area contributed by atoms with Gasteiger partial charge in [0.25, 0.3) is 11.1 Å². The zero-order chi connectivity index (χ0) is 42.1. The van der Waals surface area contributed by atoms with Gasteiger partial charge in [-0.25, -0.2) is 14.2 Å². The minimum atomic E-state index is -0.557. The number of aromatic nitrogens is 6. The van der Waals surface area contributed by atoms with Crippen LogP contribution in [0.5, 0.6) is 0 Å². The Morgan fingerprint density at radius 1 is 0.797 bits per heavy atom. The SMILES string of the molecule is CC(=O)c1c(-c2cccnc2)nn(CC2CC2)c(=O)c1Nc1cccc(C#N)c1.COC(=O)c1ccc(Nc2c(C(C)=O)c(-c3cccnc3)nn(CCO)c2=O)cc1. The van der Waals surface area contributed by atoms with Crippen molar-refractivity contribution in [2.75, 3.05) is 24.4 Å². The van der Waals surface area contributed by atoms with Crippen molar-refractivity contribution in [3.8, 4) is 28.6 Å². The van der Waals surface area contributed by atoms with E-state index in [-0.39, 0.29) is 58.5 Å². The summed E-state index contributed by atoms with van der Waals surface area (Å²) in [5.41, 5.74) is 3.38. The van der Waals surface area contributed by atoms with E-state index in [0.717, 1.165) is 17.5 Å². The van der Waals surface area contributed by atoms with E-state index >= 15 is 0 Å². The molecule has 0 radical (unpaired) electrons. The standard InChI is InChI=1S/C22H19N5O2.C21H20N4O5/c1-14(28)19-20(17-5-3-9-24-12-17)26-27(13-15-7-8-15)22(29)21(19)25-18-6-2-4-16(10-18)11-23;1-13(27)17-18(15-4-3-9-22-12-15)24-25(10-11-26)20(28)19(17)23-16-7-5-14(6-8-16)21(29)30-2/h2-6,9-10,12,15,25H,7-8,13H2,1H3;3-9,12,23,26H,10-11H2,1-2H3. The summed E-state index contributed by atoms with van der Waals surface area (Å²) in [6.45, 7) is 2.93. The van der Waals surface area contributed by atoms with E-state index in [1.54, 1.807) is 73.2 Å². The van der Waals surface area contributed by atoms with Gasteiger partial charge < -0.3 is 20.5 Å². The fourth-order valence-electron chi connectivity index (χ4n) is 6.15. The van der Waals surface area contributed by atoms with Gasteiger partial charge in [-0.2, -0.15) is 15.5 Å². The minimum absolute atomic E-state index is 0.0237. The van der Waals surface area contributed by atoms with Crippen molar-refractivity contribution < 1.29 is 24.2 Å². The van der Waals surface area contributed by atoms with Gasteiger partial charge in [0.1, 0.15) is 22.8 Å². The molecule has 4 aromatic heterocycles. The Labute approximate surface area is 337 Å². The molecule has 298 valence electrons. The number of ketones is 2. The van der Waals surface area contributed by atoms with Crippen LogP contribution in [-0.2, 0) is 17.8 Å². The van der Waals surface area contributed by atoms with E-state index < -0.39 is 11.5 Å². The molecule has 1 saturated carbocycles. The predicted molar refractivity (Wildman–Crippen MR) is 219 cm³/mol. The third-order valence-corrected chi connectivity index (χ3v) is 9.16. The summed E-state index contributed by atoms with van der Waals surface area (Å²) in [6.07, 6.45) is 8.53. The van der Waals surface area contributed by atoms with E-state index in [2.05, 4.69) is 41.6 Å². The second kappa shape index (κ2) is 18.5. The molecule has 0 aliphatic heterocycles. The third-order valence-electron chi connectivity index (χ3n) is 9.16. The fraction of sp³-hybridized carbons (Fsp3) is 0.209. The van der Waals surface area contributed by atoms with Crippen LogP contribution < -0.4 is 21.8 Å². The Morgan fingerprint density at radius 2 is 1.36 bits per heavy atom. The lowest BCUT2D eigenvalue weighted by Crippen LogP contribution is -2.29. The molecule has 0 amide bonds. The summed E-state index contributed by atoms with van der Waals surface area (Å²) in [7, 11) is 1.29. The summed E-state index contributed by atoms with van der Waals surface area (Å²) in [6, 6.07) is 22.1. The Balaban J connectivity index is 0.000000198. The molecule has 16 nitrogen and oxygen atoms in total. The lowest BCUT2D eigenvalue weighted by Gasteiger charge is -2.16. The predicted octanol–water partition coefficient (Wildman–Crippen LogP) is 5.56. The molecule has 0 atom stereocenters. The van der Waals surface area contributed by atoms with Crippen molar-refractivity contribution in [2.24, 2.45) is 5.92 Å². The molecule has 0 spiro atoms. The van der Waals surface area contributed by atoms with Gasteiger partial charge >= 0.3 is 5.97 Å². The normalized spacial score (nSPS) is 11.7. The number of hydrogen-bond donors (Lipinski definition) is 3. The van der Waals surface area contributed by atoms with Gasteiger partial charge in [-0.1, -0.05) is 6.07 Å². The zero-order valence-electron chi connectivity index (χ0n) is 32.4. The highest BCUT2D eigenvalue weighted by Gasteiger charge is 2.27. The zero-order valence-corrected chi connectivity index (χ0v) is 32.4. The molecule has 6 aromatic rings. The van der Waals surface area contributed by atoms with Crippen LogP contribution >= 0.6 is 0 Å². The van der Waals surface area contributed by atoms with Crippen LogP contribution in [0.3, 0.4) is 0 Å². The van der Waals surface area contributed by atoms with Gasteiger partial charge in [0.05, 0.1) is 48.6 Å². The second-order valence-electron chi connectivity index (χ2n) is 13.5. The number of nitrogens with zero attached hydrogens (tertiary/aromatic N) is 7. The van der Waals surface area contributed by atoms with Crippen molar-refractivity contribution in [1.82, 2.24) is 29.5 Å². The van der Waals surface area contributed by atoms with Gasteiger partial charge in [-0.15, -0.1) is 0 Å². The van der Waals surface area contributed by atoms with Crippen LogP contribution in [0.4, 0.5) is 22.7 Å². The van der Waals surface area contributed by atoms with Crippen molar-refractivity contribution >= 4 is 40.3 Å². The molecule has 59 heavy (non-hydrogen) atoms. The number of hydrogen-bond acceptors (Lipinski definition) is 14. The number of rotatable bonds is 13. The second-order valence-corrected chi connectivity index (χ2v) is 13.5. The van der Waals surface area contributed by atoms with E-state index in [4.69, 9.17) is 5.26 Å². The van der Waals surface area contributed by atoms with Crippen molar-refractivity contribution in [3.63, 3.8) is 0 Å². The molecule has 2 aromatic carbocycles. The quantitative estimate of drug-likeness (QED) is 0.0962. The maximum Gasteiger partial charge on any atom is 0.337 e. The van der Waals surface area contributed by atoms with E-state index in [1.807, 2.05) is 6.07 Å². The molecule has 16 heteroatoms. The number of benzene rings is 2. The summed E-state index contributed by atoms with van der Waals surface area (Å²) in [5, 5.41) is 33.3. The van der Waals surface area contributed by atoms with Crippen LogP contribution in [0.25, 0.3) is 22.5 Å². The van der Waals surface area contributed by atoms with Crippen LogP contribution in [-0.4, -0.2) is 65.9 Å². The number of pyridine rings is 2. The number of ether oxygens (including phenoxy) is 1. The van der Waals surface area contributed by atoms with Gasteiger partial charge in [0.2, 0.25) is 0 Å². The first-order valence-electron chi connectivity index (χ1n) is 18.5. The molecule has 4 heterocycles. The lowest BCUT2D eigenvalue weighted by molar-refractivity contribution is 0.0600. The number of Topliss-reactive ketones (excluding diaryl/α,β-unsaturated/α-hetero) is 2. The first-order valence-corrected chi connectivity index (χ1v) is 18.5. The molecular formula is C43H39N9O7. The first-order chi connectivity index (χ1) is 28.5. The monoisotopic (exact) mass is 793 g/mol. The molecule has 1 aliphatic rings. The number of aliphatic hydroxyl groups excluding tert-OH is 1. The van der Waals surface area contributed by atoms with Crippen molar-refractivity contribution in [2.45, 2.75) is 39.8 Å². The van der Waals surface area contributed by atoms with Crippen LogP contribution in [0.15, 0.2) is 107 Å². The molecular weight excluding hydrogens is 755 g/mol. The number of aliphatic hydroxyl groups is 1. The molecule has 1 aliphatic carbocycles. The highest BCUT2D eigenvalue weighted by Crippen LogP contribution is 2.32. The van der Waals surface area contributed by atoms with E-state index in [9.17, 15) is 29.1 Å². The fourth-order valence-corrected chi connectivity index (χ4v) is 6.15.